The van der Waals surface area contributed by atoms with Crippen molar-refractivity contribution < 1.29 is 9.18 Å². The summed E-state index contributed by atoms with van der Waals surface area (Å²) < 4.78 is 15.5. The van der Waals surface area contributed by atoms with Gasteiger partial charge >= 0.3 is 0 Å². The van der Waals surface area contributed by atoms with Crippen LogP contribution in [0.2, 0.25) is 0 Å². The van der Waals surface area contributed by atoms with E-state index in [2.05, 4.69) is 25.5 Å². The van der Waals surface area contributed by atoms with E-state index in [4.69, 9.17) is 0 Å². The number of amides is 1. The van der Waals surface area contributed by atoms with Gasteiger partial charge < -0.3 is 10.2 Å². The van der Waals surface area contributed by atoms with Crippen LogP contribution >= 0.6 is 0 Å². The molecule has 3 aromatic rings. The summed E-state index contributed by atoms with van der Waals surface area (Å²) in [7, 11) is 0. The first kappa shape index (κ1) is 16.4. The molecule has 8 heteroatoms. The van der Waals surface area contributed by atoms with Crippen LogP contribution in [0.25, 0.3) is 5.65 Å². The fourth-order valence-electron chi connectivity index (χ4n) is 3.25. The number of hydrogen-bond donors (Lipinski definition) is 1. The van der Waals surface area contributed by atoms with Gasteiger partial charge in [0.15, 0.2) is 11.5 Å². The predicted molar refractivity (Wildman–Crippen MR) is 95.5 cm³/mol. The quantitative estimate of drug-likeness (QED) is 0.782. The third kappa shape index (κ3) is 3.10. The summed E-state index contributed by atoms with van der Waals surface area (Å²) in [5, 5.41) is 15.3. The highest BCUT2D eigenvalue weighted by atomic mass is 19.1. The average Bonchev–Trinajstić information content (AvgIpc) is 3.04. The zero-order valence-electron chi connectivity index (χ0n) is 14.4. The number of anilines is 2. The van der Waals surface area contributed by atoms with Crippen molar-refractivity contribution in [2.75, 3.05) is 23.3 Å². The van der Waals surface area contributed by atoms with Crippen LogP contribution in [0, 0.1) is 18.7 Å². The van der Waals surface area contributed by atoms with Crippen molar-refractivity contribution in [1.29, 1.82) is 0 Å². The van der Waals surface area contributed by atoms with Crippen LogP contribution in [0.1, 0.15) is 18.7 Å². The summed E-state index contributed by atoms with van der Waals surface area (Å²) in [5.74, 6) is 0.685. The minimum absolute atomic E-state index is 0.165. The van der Waals surface area contributed by atoms with Gasteiger partial charge in [0.1, 0.15) is 11.6 Å². The Labute approximate surface area is 149 Å². The van der Waals surface area contributed by atoms with E-state index in [1.807, 2.05) is 19.1 Å². The SMILES string of the molecule is Cc1nnc2ccc(N3CCCC(C(=O)Nc4ccccc4F)C3)nn12. The molecule has 0 saturated carbocycles. The fourth-order valence-corrected chi connectivity index (χ4v) is 3.25. The predicted octanol–water partition coefficient (Wildman–Crippen LogP) is 2.43. The Bertz CT molecular complexity index is 956. The lowest BCUT2D eigenvalue weighted by Gasteiger charge is -2.32. The van der Waals surface area contributed by atoms with Crippen molar-refractivity contribution in [2.45, 2.75) is 19.8 Å². The summed E-state index contributed by atoms with van der Waals surface area (Å²) in [6.45, 7) is 3.21. The second-order valence-electron chi connectivity index (χ2n) is 6.46. The minimum atomic E-state index is -0.427. The molecule has 0 spiro atoms. The number of piperidine rings is 1. The van der Waals surface area contributed by atoms with Crippen LogP contribution in [-0.4, -0.2) is 38.8 Å². The van der Waals surface area contributed by atoms with Crippen LogP contribution in [0.15, 0.2) is 36.4 Å². The summed E-state index contributed by atoms with van der Waals surface area (Å²) in [5.41, 5.74) is 0.909. The number of rotatable bonds is 3. The lowest BCUT2D eigenvalue weighted by atomic mass is 9.97. The van der Waals surface area contributed by atoms with E-state index >= 15 is 0 Å². The van der Waals surface area contributed by atoms with Crippen molar-refractivity contribution >= 4 is 23.1 Å². The van der Waals surface area contributed by atoms with Crippen LogP contribution in [-0.2, 0) is 4.79 Å². The van der Waals surface area contributed by atoms with Crippen LogP contribution < -0.4 is 10.2 Å². The Morgan fingerprint density at radius 2 is 2.08 bits per heavy atom. The summed E-state index contributed by atoms with van der Waals surface area (Å²) in [6, 6.07) is 9.96. The van der Waals surface area contributed by atoms with Gasteiger partial charge in [-0.15, -0.1) is 15.3 Å². The molecule has 3 heterocycles. The smallest absolute Gasteiger partial charge is 0.229 e. The highest BCUT2D eigenvalue weighted by Gasteiger charge is 2.27. The zero-order valence-corrected chi connectivity index (χ0v) is 14.4. The van der Waals surface area contributed by atoms with Crippen molar-refractivity contribution in [3.8, 4) is 0 Å². The van der Waals surface area contributed by atoms with Gasteiger partial charge in [0.25, 0.3) is 0 Å². The molecule has 0 bridgehead atoms. The van der Waals surface area contributed by atoms with Gasteiger partial charge in [-0.2, -0.15) is 4.52 Å². The van der Waals surface area contributed by atoms with Crippen molar-refractivity contribution in [1.82, 2.24) is 19.8 Å². The van der Waals surface area contributed by atoms with Gasteiger partial charge in [-0.3, -0.25) is 4.79 Å². The number of halogens is 1. The van der Waals surface area contributed by atoms with E-state index in [0.29, 0.717) is 18.0 Å². The summed E-state index contributed by atoms with van der Waals surface area (Å²) in [4.78, 5) is 14.6. The molecule has 2 aromatic heterocycles. The van der Waals surface area contributed by atoms with E-state index in [1.165, 1.54) is 6.07 Å². The van der Waals surface area contributed by atoms with Gasteiger partial charge in [0.2, 0.25) is 5.91 Å². The number of aromatic nitrogens is 4. The largest absolute Gasteiger partial charge is 0.354 e. The normalized spacial score (nSPS) is 17.5. The Balaban J connectivity index is 1.50. The van der Waals surface area contributed by atoms with Gasteiger partial charge in [-0.1, -0.05) is 12.1 Å². The molecule has 0 aliphatic carbocycles. The highest BCUT2D eigenvalue weighted by Crippen LogP contribution is 2.24. The van der Waals surface area contributed by atoms with E-state index in [0.717, 1.165) is 25.2 Å². The number of benzene rings is 1. The highest BCUT2D eigenvalue weighted by molar-refractivity contribution is 5.93. The molecule has 7 nitrogen and oxygen atoms in total. The van der Waals surface area contributed by atoms with Gasteiger partial charge in [0, 0.05) is 13.1 Å². The summed E-state index contributed by atoms with van der Waals surface area (Å²) in [6.07, 6.45) is 1.64. The standard InChI is InChI=1S/C18H19FN6O/c1-12-21-22-16-8-9-17(23-25(12)16)24-10-4-5-13(11-24)18(26)20-15-7-3-2-6-14(15)19/h2-3,6-9,13H,4-5,10-11H2,1H3,(H,20,26). The molecule has 0 radical (unpaired) electrons. The fraction of sp³-hybridized carbons (Fsp3) is 0.333. The van der Waals surface area contributed by atoms with Gasteiger partial charge in [-0.25, -0.2) is 4.39 Å². The molecular formula is C18H19FN6O. The molecule has 1 aromatic carbocycles. The molecule has 1 saturated heterocycles. The van der Waals surface area contributed by atoms with E-state index in [-0.39, 0.29) is 17.5 Å². The first-order valence-corrected chi connectivity index (χ1v) is 8.61. The third-order valence-corrected chi connectivity index (χ3v) is 4.65. The number of carbonyl (C=O) groups excluding carboxylic acids is 1. The average molecular weight is 354 g/mol. The first-order valence-electron chi connectivity index (χ1n) is 8.61. The Hall–Kier alpha value is -3.03. The maximum atomic E-state index is 13.8. The summed E-state index contributed by atoms with van der Waals surface area (Å²) >= 11 is 0. The molecule has 1 aliphatic rings. The van der Waals surface area contributed by atoms with E-state index in [1.54, 1.807) is 22.7 Å². The van der Waals surface area contributed by atoms with E-state index in [9.17, 15) is 9.18 Å². The molecule has 4 rings (SSSR count). The molecule has 1 atom stereocenters. The molecule has 1 aliphatic heterocycles. The van der Waals surface area contributed by atoms with Crippen molar-refractivity contribution in [3.63, 3.8) is 0 Å². The number of nitrogens with zero attached hydrogens (tertiary/aromatic N) is 5. The number of carbonyl (C=O) groups is 1. The Morgan fingerprint density at radius 3 is 2.92 bits per heavy atom. The first-order chi connectivity index (χ1) is 12.6. The second kappa shape index (κ2) is 6.70. The molecule has 1 N–H and O–H groups in total. The monoisotopic (exact) mass is 354 g/mol. The van der Waals surface area contributed by atoms with Gasteiger partial charge in [0.05, 0.1) is 11.6 Å². The Morgan fingerprint density at radius 1 is 1.23 bits per heavy atom. The molecular weight excluding hydrogens is 335 g/mol. The number of nitrogens with one attached hydrogen (secondary N) is 1. The van der Waals surface area contributed by atoms with Crippen LogP contribution in [0.3, 0.4) is 0 Å². The lowest BCUT2D eigenvalue weighted by molar-refractivity contribution is -0.120. The zero-order chi connectivity index (χ0) is 18.1. The van der Waals surface area contributed by atoms with Gasteiger partial charge in [-0.05, 0) is 44.0 Å². The molecule has 134 valence electrons. The maximum absolute atomic E-state index is 13.8. The third-order valence-electron chi connectivity index (χ3n) is 4.65. The van der Waals surface area contributed by atoms with E-state index < -0.39 is 5.82 Å². The molecule has 1 amide bonds. The topological polar surface area (TPSA) is 75.4 Å². The molecule has 26 heavy (non-hydrogen) atoms. The lowest BCUT2D eigenvalue weighted by Crippen LogP contribution is -2.41. The second-order valence-corrected chi connectivity index (χ2v) is 6.46. The number of aryl methyl sites for hydroxylation is 1. The van der Waals surface area contributed by atoms with Crippen molar-refractivity contribution in [2.24, 2.45) is 5.92 Å². The van der Waals surface area contributed by atoms with Crippen molar-refractivity contribution in [3.05, 3.63) is 48.0 Å². The maximum Gasteiger partial charge on any atom is 0.229 e. The number of hydrogen-bond acceptors (Lipinski definition) is 5. The minimum Gasteiger partial charge on any atom is -0.354 e. The molecule has 1 unspecified atom stereocenters. The van der Waals surface area contributed by atoms with Crippen LogP contribution in [0.5, 0.6) is 0 Å². The number of fused-ring (bicyclic) bond motifs is 1. The van der Waals surface area contributed by atoms with Crippen LogP contribution in [0.4, 0.5) is 15.9 Å². The Kier molecular flexibility index (Phi) is 4.24. The number of para-hydroxylation sites is 1. The molecule has 1 fully saturated rings.